The van der Waals surface area contributed by atoms with Crippen molar-refractivity contribution in [2.24, 2.45) is 0 Å². The summed E-state index contributed by atoms with van der Waals surface area (Å²) < 4.78 is 6.54. The Kier molecular flexibility index (Phi) is 7.17. The molecule has 1 aromatic rings. The number of halogens is 1. The van der Waals surface area contributed by atoms with E-state index in [-0.39, 0.29) is 0 Å². The molecule has 4 heteroatoms. The third-order valence-electron chi connectivity index (χ3n) is 2.20. The van der Waals surface area contributed by atoms with Gasteiger partial charge in [0, 0.05) is 10.7 Å². The lowest BCUT2D eigenvalue weighted by Gasteiger charge is -2.06. The molecule has 0 unspecified atom stereocenters. The second-order valence-corrected chi connectivity index (χ2v) is 4.52. The molecule has 90 valence electrons. The minimum absolute atomic E-state index is 0.768. The molecule has 0 aliphatic carbocycles. The maximum Gasteiger partial charge on any atom is 0.138 e. The van der Waals surface area contributed by atoms with Gasteiger partial charge in [0.2, 0.25) is 0 Å². The highest BCUT2D eigenvalue weighted by atomic mass is 79.9. The number of aromatic nitrogens is 1. The van der Waals surface area contributed by atoms with Gasteiger partial charge in [-0.3, -0.25) is 4.98 Å². The number of rotatable bonds is 8. The van der Waals surface area contributed by atoms with Crippen LogP contribution in [0.3, 0.4) is 0 Å². The normalized spacial score (nSPS) is 10.4. The van der Waals surface area contributed by atoms with Gasteiger partial charge in [-0.1, -0.05) is 6.92 Å². The molecule has 0 radical (unpaired) electrons. The molecule has 16 heavy (non-hydrogen) atoms. The zero-order chi connectivity index (χ0) is 11.6. The van der Waals surface area contributed by atoms with Gasteiger partial charge in [-0.2, -0.15) is 0 Å². The van der Waals surface area contributed by atoms with E-state index < -0.39 is 0 Å². The van der Waals surface area contributed by atoms with E-state index in [1.54, 1.807) is 12.4 Å². The Morgan fingerprint density at radius 1 is 1.31 bits per heavy atom. The van der Waals surface area contributed by atoms with E-state index in [0.29, 0.717) is 0 Å². The van der Waals surface area contributed by atoms with Gasteiger partial charge in [-0.05, 0) is 54.3 Å². The molecule has 1 rings (SSSR count). The third-order valence-corrected chi connectivity index (χ3v) is 2.63. The summed E-state index contributed by atoms with van der Waals surface area (Å²) in [4.78, 5) is 4.04. The molecule has 0 aromatic carbocycles. The van der Waals surface area contributed by atoms with E-state index >= 15 is 0 Å². The number of pyridine rings is 1. The van der Waals surface area contributed by atoms with Crippen molar-refractivity contribution in [1.82, 2.24) is 10.3 Å². The Labute approximate surface area is 106 Å². The first-order valence-corrected chi connectivity index (χ1v) is 6.56. The van der Waals surface area contributed by atoms with Crippen molar-refractivity contribution in [2.45, 2.75) is 26.2 Å². The fraction of sp³-hybridized carbons (Fsp3) is 0.583. The SMILES string of the molecule is CCNCCCCCOc1cncc(Br)c1. The molecule has 0 amide bonds. The summed E-state index contributed by atoms with van der Waals surface area (Å²) in [5, 5.41) is 3.31. The molecule has 3 nitrogen and oxygen atoms in total. The van der Waals surface area contributed by atoms with Crippen LogP contribution < -0.4 is 10.1 Å². The van der Waals surface area contributed by atoms with Crippen LogP contribution in [-0.4, -0.2) is 24.7 Å². The quantitative estimate of drug-likeness (QED) is 0.746. The van der Waals surface area contributed by atoms with Gasteiger partial charge in [-0.15, -0.1) is 0 Å². The Bertz CT molecular complexity index is 294. The van der Waals surface area contributed by atoms with Gasteiger partial charge in [0.05, 0.1) is 12.8 Å². The highest BCUT2D eigenvalue weighted by molar-refractivity contribution is 9.10. The van der Waals surface area contributed by atoms with E-state index in [0.717, 1.165) is 36.3 Å². The summed E-state index contributed by atoms with van der Waals surface area (Å²) >= 11 is 3.36. The maximum absolute atomic E-state index is 5.58. The Hall–Kier alpha value is -0.610. The second kappa shape index (κ2) is 8.53. The molecule has 1 aromatic heterocycles. The Balaban J connectivity index is 2.03. The van der Waals surface area contributed by atoms with Gasteiger partial charge in [0.1, 0.15) is 5.75 Å². The lowest BCUT2D eigenvalue weighted by molar-refractivity contribution is 0.303. The maximum atomic E-state index is 5.58. The van der Waals surface area contributed by atoms with Crippen molar-refractivity contribution in [3.8, 4) is 5.75 Å². The molecule has 0 saturated heterocycles. The summed E-state index contributed by atoms with van der Waals surface area (Å²) in [6.07, 6.45) is 7.01. The van der Waals surface area contributed by atoms with Crippen LogP contribution >= 0.6 is 15.9 Å². The van der Waals surface area contributed by atoms with E-state index in [9.17, 15) is 0 Å². The third kappa shape index (κ3) is 6.08. The second-order valence-electron chi connectivity index (χ2n) is 3.60. The standard InChI is InChI=1S/C12H19BrN2O/c1-2-14-6-4-3-5-7-16-12-8-11(13)9-15-10-12/h8-10,14H,2-7H2,1H3. The minimum Gasteiger partial charge on any atom is -0.492 e. The summed E-state index contributed by atoms with van der Waals surface area (Å²) in [5.41, 5.74) is 0. The van der Waals surface area contributed by atoms with Crippen LogP contribution in [0.5, 0.6) is 5.75 Å². The van der Waals surface area contributed by atoms with Crippen LogP contribution in [0.2, 0.25) is 0 Å². The number of nitrogens with one attached hydrogen (secondary N) is 1. The average molecular weight is 287 g/mol. The topological polar surface area (TPSA) is 34.1 Å². The average Bonchev–Trinajstić information content (AvgIpc) is 2.28. The molecule has 0 aliphatic rings. The number of hydrogen-bond acceptors (Lipinski definition) is 3. The van der Waals surface area contributed by atoms with Crippen LogP contribution in [0.4, 0.5) is 0 Å². The molecule has 1 heterocycles. The fourth-order valence-electron chi connectivity index (χ4n) is 1.37. The summed E-state index contributed by atoms with van der Waals surface area (Å²) in [7, 11) is 0. The summed E-state index contributed by atoms with van der Waals surface area (Å²) in [6.45, 7) is 5.06. The molecular weight excluding hydrogens is 268 g/mol. The fourth-order valence-corrected chi connectivity index (χ4v) is 1.71. The molecule has 0 atom stereocenters. The molecule has 0 spiro atoms. The molecule has 1 N–H and O–H groups in total. The van der Waals surface area contributed by atoms with Crippen molar-refractivity contribution in [3.63, 3.8) is 0 Å². The zero-order valence-electron chi connectivity index (χ0n) is 9.71. The minimum atomic E-state index is 0.768. The monoisotopic (exact) mass is 286 g/mol. The molecule has 0 saturated carbocycles. The first-order valence-electron chi connectivity index (χ1n) is 5.77. The highest BCUT2D eigenvalue weighted by Gasteiger charge is 1.95. The van der Waals surface area contributed by atoms with E-state index in [1.165, 1.54) is 12.8 Å². The smallest absolute Gasteiger partial charge is 0.138 e. The summed E-state index contributed by atoms with van der Waals surface area (Å²) in [6, 6.07) is 1.94. The predicted molar refractivity (Wildman–Crippen MR) is 69.8 cm³/mol. The van der Waals surface area contributed by atoms with Gasteiger partial charge >= 0.3 is 0 Å². The first kappa shape index (κ1) is 13.5. The van der Waals surface area contributed by atoms with Crippen LogP contribution in [0.15, 0.2) is 22.9 Å². The van der Waals surface area contributed by atoms with Gasteiger partial charge in [0.15, 0.2) is 0 Å². The zero-order valence-corrected chi connectivity index (χ0v) is 11.3. The van der Waals surface area contributed by atoms with Gasteiger partial charge in [0.25, 0.3) is 0 Å². The van der Waals surface area contributed by atoms with Crippen LogP contribution in [-0.2, 0) is 0 Å². The predicted octanol–water partition coefficient (Wildman–Crippen LogP) is 3.00. The largest absolute Gasteiger partial charge is 0.492 e. The van der Waals surface area contributed by atoms with Gasteiger partial charge < -0.3 is 10.1 Å². The van der Waals surface area contributed by atoms with Crippen molar-refractivity contribution < 1.29 is 4.74 Å². The first-order chi connectivity index (χ1) is 7.83. The van der Waals surface area contributed by atoms with Crippen molar-refractivity contribution in [2.75, 3.05) is 19.7 Å². The molecular formula is C12H19BrN2O. The Morgan fingerprint density at radius 2 is 2.19 bits per heavy atom. The number of unbranched alkanes of at least 4 members (excludes halogenated alkanes) is 2. The molecule has 0 fully saturated rings. The number of hydrogen-bond donors (Lipinski definition) is 1. The highest BCUT2D eigenvalue weighted by Crippen LogP contribution is 2.15. The molecule has 0 aliphatic heterocycles. The van der Waals surface area contributed by atoms with Crippen molar-refractivity contribution in [3.05, 3.63) is 22.9 Å². The number of nitrogens with zero attached hydrogens (tertiary/aromatic N) is 1. The lowest BCUT2D eigenvalue weighted by Crippen LogP contribution is -2.14. The van der Waals surface area contributed by atoms with Crippen LogP contribution in [0, 0.1) is 0 Å². The lowest BCUT2D eigenvalue weighted by atomic mass is 10.2. The number of ether oxygens (including phenoxy) is 1. The van der Waals surface area contributed by atoms with Crippen molar-refractivity contribution >= 4 is 15.9 Å². The van der Waals surface area contributed by atoms with Gasteiger partial charge in [-0.25, -0.2) is 0 Å². The Morgan fingerprint density at radius 3 is 2.94 bits per heavy atom. The van der Waals surface area contributed by atoms with E-state index in [4.69, 9.17) is 4.74 Å². The van der Waals surface area contributed by atoms with Crippen LogP contribution in [0.25, 0.3) is 0 Å². The van der Waals surface area contributed by atoms with E-state index in [1.807, 2.05) is 6.07 Å². The summed E-state index contributed by atoms with van der Waals surface area (Å²) in [5.74, 6) is 0.834. The van der Waals surface area contributed by atoms with Crippen molar-refractivity contribution in [1.29, 1.82) is 0 Å². The van der Waals surface area contributed by atoms with Crippen LogP contribution in [0.1, 0.15) is 26.2 Å². The molecule has 0 bridgehead atoms. The van der Waals surface area contributed by atoms with E-state index in [2.05, 4.69) is 33.2 Å².